The second kappa shape index (κ2) is 8.60. The number of nitrogens with zero attached hydrogens (tertiary/aromatic N) is 7. The van der Waals surface area contributed by atoms with E-state index in [1.165, 1.54) is 10.3 Å². The Bertz CT molecular complexity index is 1470. The second-order valence-electron chi connectivity index (χ2n) is 9.59. The zero-order valence-corrected chi connectivity index (χ0v) is 20.7. The fourth-order valence-electron chi connectivity index (χ4n) is 5.13. The molecule has 3 aromatic heterocycles. The molecule has 1 aliphatic heterocycles. The van der Waals surface area contributed by atoms with Crippen LogP contribution in [0.2, 0.25) is 0 Å². The maximum atomic E-state index is 13.1. The van der Waals surface area contributed by atoms with Gasteiger partial charge in [0.1, 0.15) is 17.8 Å². The molecule has 1 fully saturated rings. The minimum Gasteiger partial charge on any atom is -0.480 e. The van der Waals surface area contributed by atoms with Crippen LogP contribution in [0.25, 0.3) is 22.6 Å². The summed E-state index contributed by atoms with van der Waals surface area (Å²) >= 11 is 0. The molecule has 0 N–H and O–H groups in total. The smallest absolute Gasteiger partial charge is 0.434 e. The van der Waals surface area contributed by atoms with Gasteiger partial charge < -0.3 is 14.2 Å². The Morgan fingerprint density at radius 2 is 1.81 bits per heavy atom. The van der Waals surface area contributed by atoms with Crippen molar-refractivity contribution in [2.24, 2.45) is 14.1 Å². The summed E-state index contributed by atoms with van der Waals surface area (Å²) in [6, 6.07) is 7.49. The van der Waals surface area contributed by atoms with Crippen LogP contribution >= 0.6 is 0 Å². The molecule has 4 heterocycles. The van der Waals surface area contributed by atoms with Gasteiger partial charge >= 0.3 is 6.18 Å². The van der Waals surface area contributed by atoms with Gasteiger partial charge in [-0.3, -0.25) is 4.68 Å². The molecular weight excluding hydrogens is 483 g/mol. The average molecular weight is 510 g/mol. The summed E-state index contributed by atoms with van der Waals surface area (Å²) in [6.07, 6.45) is 1.09. The zero-order chi connectivity index (χ0) is 25.9. The van der Waals surface area contributed by atoms with Gasteiger partial charge in [-0.2, -0.15) is 18.3 Å². The van der Waals surface area contributed by atoms with Gasteiger partial charge in [0, 0.05) is 68.2 Å². The maximum Gasteiger partial charge on any atom is 0.434 e. The molecule has 11 heteroatoms. The molecule has 6 rings (SSSR count). The molecular formula is C26H26F3N7O. The van der Waals surface area contributed by atoms with Crippen molar-refractivity contribution in [2.45, 2.75) is 37.9 Å². The molecule has 0 saturated heterocycles. The first-order chi connectivity index (χ1) is 17.7. The lowest BCUT2D eigenvalue weighted by molar-refractivity contribution is -0.140. The summed E-state index contributed by atoms with van der Waals surface area (Å²) in [5.74, 6) is 1.21. The Hall–Kier alpha value is -3.89. The average Bonchev–Trinajstić information content (AvgIpc) is 3.58. The van der Waals surface area contributed by atoms with Gasteiger partial charge in [-0.05, 0) is 37.1 Å². The SMILES string of the molecule is COc1ncnc(C2CC2)c1-c1nn(C)c2c1CN(c1ccc(-c3nc(C(F)(F)F)cn3C)cc1)CC2. The molecule has 0 unspecified atom stereocenters. The predicted octanol–water partition coefficient (Wildman–Crippen LogP) is 4.75. The van der Waals surface area contributed by atoms with Crippen molar-refractivity contribution in [3.8, 4) is 28.5 Å². The molecule has 192 valence electrons. The fraction of sp³-hybridized carbons (Fsp3) is 0.385. The first-order valence-corrected chi connectivity index (χ1v) is 12.1. The molecule has 1 aliphatic carbocycles. The number of hydrogen-bond acceptors (Lipinski definition) is 6. The van der Waals surface area contributed by atoms with Gasteiger partial charge in [-0.1, -0.05) is 0 Å². The number of aryl methyl sites for hydroxylation is 2. The monoisotopic (exact) mass is 509 g/mol. The predicted molar refractivity (Wildman–Crippen MR) is 131 cm³/mol. The van der Waals surface area contributed by atoms with Crippen molar-refractivity contribution in [2.75, 3.05) is 18.6 Å². The molecule has 0 radical (unpaired) electrons. The lowest BCUT2D eigenvalue weighted by Gasteiger charge is -2.30. The lowest BCUT2D eigenvalue weighted by Crippen LogP contribution is -2.31. The van der Waals surface area contributed by atoms with Crippen molar-refractivity contribution in [1.29, 1.82) is 0 Å². The molecule has 0 atom stereocenters. The summed E-state index contributed by atoms with van der Waals surface area (Å²) < 4.78 is 48.3. The molecule has 0 amide bonds. The maximum absolute atomic E-state index is 13.1. The Labute approximate surface area is 211 Å². The van der Waals surface area contributed by atoms with Gasteiger partial charge in [0.2, 0.25) is 5.88 Å². The number of aromatic nitrogens is 6. The normalized spacial score (nSPS) is 15.7. The number of alkyl halides is 3. The summed E-state index contributed by atoms with van der Waals surface area (Å²) in [7, 11) is 5.14. The van der Waals surface area contributed by atoms with Crippen LogP contribution in [-0.4, -0.2) is 43.0 Å². The number of rotatable bonds is 5. The molecule has 2 aliphatic rings. The molecule has 1 aromatic carbocycles. The number of hydrogen-bond donors (Lipinski definition) is 0. The molecule has 4 aromatic rings. The van der Waals surface area contributed by atoms with Crippen LogP contribution in [-0.2, 0) is 33.2 Å². The third-order valence-electron chi connectivity index (χ3n) is 7.14. The van der Waals surface area contributed by atoms with Gasteiger partial charge in [-0.25, -0.2) is 15.0 Å². The van der Waals surface area contributed by atoms with Crippen molar-refractivity contribution in [1.82, 2.24) is 29.3 Å². The van der Waals surface area contributed by atoms with Crippen LogP contribution in [0.4, 0.5) is 18.9 Å². The molecule has 1 saturated carbocycles. The van der Waals surface area contributed by atoms with E-state index in [0.717, 1.165) is 60.2 Å². The van der Waals surface area contributed by atoms with E-state index in [9.17, 15) is 13.2 Å². The van der Waals surface area contributed by atoms with E-state index in [4.69, 9.17) is 9.84 Å². The first-order valence-electron chi connectivity index (χ1n) is 12.1. The third kappa shape index (κ3) is 4.11. The van der Waals surface area contributed by atoms with Gasteiger partial charge in [0.15, 0.2) is 5.69 Å². The summed E-state index contributed by atoms with van der Waals surface area (Å²) in [4.78, 5) is 15.0. The van der Waals surface area contributed by atoms with Crippen LogP contribution in [0, 0.1) is 0 Å². The highest BCUT2D eigenvalue weighted by atomic mass is 19.4. The Morgan fingerprint density at radius 3 is 2.46 bits per heavy atom. The Morgan fingerprint density at radius 1 is 1.05 bits per heavy atom. The highest BCUT2D eigenvalue weighted by Gasteiger charge is 2.35. The minimum atomic E-state index is -4.48. The largest absolute Gasteiger partial charge is 0.480 e. The van der Waals surface area contributed by atoms with E-state index in [-0.39, 0.29) is 5.82 Å². The van der Waals surface area contributed by atoms with Crippen molar-refractivity contribution in [3.05, 3.63) is 59.4 Å². The van der Waals surface area contributed by atoms with E-state index >= 15 is 0 Å². The first kappa shape index (κ1) is 23.5. The second-order valence-corrected chi connectivity index (χ2v) is 9.59. The summed E-state index contributed by atoms with van der Waals surface area (Å²) in [5.41, 5.74) is 5.71. The van der Waals surface area contributed by atoms with E-state index < -0.39 is 11.9 Å². The molecule has 0 spiro atoms. The number of methoxy groups -OCH3 is 1. The third-order valence-corrected chi connectivity index (χ3v) is 7.14. The summed E-state index contributed by atoms with van der Waals surface area (Å²) in [5, 5.41) is 4.88. The highest BCUT2D eigenvalue weighted by molar-refractivity contribution is 5.73. The molecule has 0 bridgehead atoms. The van der Waals surface area contributed by atoms with Crippen LogP contribution in [0.3, 0.4) is 0 Å². The van der Waals surface area contributed by atoms with Gasteiger partial charge in [0.25, 0.3) is 0 Å². The standard InChI is InChI=1S/C26H26F3N7O/c1-34-13-20(26(27,28)29)32-24(34)16-6-8-17(9-7-16)36-11-10-19-18(12-36)23(33-35(19)2)21-22(15-4-5-15)30-14-31-25(21)37-3/h6-9,13-15H,4-5,10-12H2,1-3H3. The van der Waals surface area contributed by atoms with Crippen LogP contribution in [0.15, 0.2) is 36.8 Å². The number of ether oxygens (including phenoxy) is 1. The van der Waals surface area contributed by atoms with E-state index in [2.05, 4.69) is 19.9 Å². The van der Waals surface area contributed by atoms with Crippen LogP contribution < -0.4 is 9.64 Å². The van der Waals surface area contributed by atoms with Crippen LogP contribution in [0.5, 0.6) is 5.88 Å². The topological polar surface area (TPSA) is 73.9 Å². The zero-order valence-electron chi connectivity index (χ0n) is 20.7. The van der Waals surface area contributed by atoms with Crippen LogP contribution in [0.1, 0.15) is 41.4 Å². The van der Waals surface area contributed by atoms with Crippen molar-refractivity contribution >= 4 is 5.69 Å². The fourth-order valence-corrected chi connectivity index (χ4v) is 5.13. The molecule has 37 heavy (non-hydrogen) atoms. The van der Waals surface area contributed by atoms with E-state index in [1.807, 2.05) is 36.0 Å². The summed E-state index contributed by atoms with van der Waals surface area (Å²) in [6.45, 7) is 1.44. The van der Waals surface area contributed by atoms with Gasteiger partial charge in [0.05, 0.1) is 18.4 Å². The van der Waals surface area contributed by atoms with E-state index in [1.54, 1.807) is 20.5 Å². The number of benzene rings is 1. The quantitative estimate of drug-likeness (QED) is 0.387. The number of fused-ring (bicyclic) bond motifs is 1. The van der Waals surface area contributed by atoms with Gasteiger partial charge in [-0.15, -0.1) is 0 Å². The van der Waals surface area contributed by atoms with Crippen molar-refractivity contribution in [3.63, 3.8) is 0 Å². The molecule has 8 nitrogen and oxygen atoms in total. The number of halogens is 3. The van der Waals surface area contributed by atoms with E-state index in [0.29, 0.717) is 23.9 Å². The number of anilines is 1. The Kier molecular flexibility index (Phi) is 5.46. The minimum absolute atomic E-state index is 0.276. The lowest BCUT2D eigenvalue weighted by atomic mass is 9.98. The van der Waals surface area contributed by atoms with Crippen molar-refractivity contribution < 1.29 is 17.9 Å². The Balaban J connectivity index is 1.32. The number of imidazole rings is 1. The highest BCUT2D eigenvalue weighted by Crippen LogP contribution is 2.46.